The Morgan fingerprint density at radius 3 is 2.62 bits per heavy atom. The monoisotopic (exact) mass is 355 g/mol. The van der Waals surface area contributed by atoms with E-state index in [2.05, 4.69) is 5.32 Å². The number of benzene rings is 2. The molecular formula is C19H17NO6. The maximum atomic E-state index is 12.0. The predicted octanol–water partition coefficient (Wildman–Crippen LogP) is 2.09. The van der Waals surface area contributed by atoms with Crippen LogP contribution < -0.4 is 14.8 Å². The first-order chi connectivity index (χ1) is 12.5. The molecule has 3 rings (SSSR count). The summed E-state index contributed by atoms with van der Waals surface area (Å²) in [7, 11) is 0. The average Bonchev–Trinajstić information content (AvgIpc) is 3.12. The third-order valence-corrected chi connectivity index (χ3v) is 3.77. The topological polar surface area (TPSA) is 90.9 Å². The van der Waals surface area contributed by atoms with Crippen LogP contribution in [0.3, 0.4) is 0 Å². The van der Waals surface area contributed by atoms with Gasteiger partial charge < -0.3 is 19.5 Å². The van der Waals surface area contributed by atoms with Gasteiger partial charge >= 0.3 is 5.97 Å². The number of ether oxygens (including phenoxy) is 3. The Morgan fingerprint density at radius 1 is 1.04 bits per heavy atom. The van der Waals surface area contributed by atoms with E-state index in [0.29, 0.717) is 17.1 Å². The summed E-state index contributed by atoms with van der Waals surface area (Å²) in [6.45, 7) is 1.46. The largest absolute Gasteiger partial charge is 0.454 e. The van der Waals surface area contributed by atoms with Crippen molar-refractivity contribution < 1.29 is 28.6 Å². The number of amides is 1. The van der Waals surface area contributed by atoms with Gasteiger partial charge in [0.1, 0.15) is 0 Å². The lowest BCUT2D eigenvalue weighted by molar-refractivity contribution is -0.124. The highest BCUT2D eigenvalue weighted by molar-refractivity contribution is 5.98. The lowest BCUT2D eigenvalue weighted by Crippen LogP contribution is -2.28. The van der Waals surface area contributed by atoms with E-state index in [4.69, 9.17) is 14.2 Å². The average molecular weight is 355 g/mol. The van der Waals surface area contributed by atoms with Crippen molar-refractivity contribution in [3.8, 4) is 11.5 Å². The third-order valence-electron chi connectivity index (χ3n) is 3.77. The summed E-state index contributed by atoms with van der Waals surface area (Å²) in [5.74, 6) is 0.0570. The summed E-state index contributed by atoms with van der Waals surface area (Å²) in [6, 6.07) is 11.5. The number of nitrogens with one attached hydrogen (secondary N) is 1. The van der Waals surface area contributed by atoms with Gasteiger partial charge in [0, 0.05) is 12.1 Å². The first-order valence-electron chi connectivity index (χ1n) is 7.96. The molecule has 2 aromatic carbocycles. The maximum Gasteiger partial charge on any atom is 0.338 e. The quantitative estimate of drug-likeness (QED) is 0.630. The number of ketones is 1. The number of rotatable bonds is 6. The number of hydrogen-bond donors (Lipinski definition) is 1. The second-order valence-electron chi connectivity index (χ2n) is 5.68. The molecule has 0 bridgehead atoms. The highest BCUT2D eigenvalue weighted by Gasteiger charge is 2.14. The number of carbonyl (C=O) groups is 3. The van der Waals surface area contributed by atoms with Crippen molar-refractivity contribution in [3.63, 3.8) is 0 Å². The molecular weight excluding hydrogens is 338 g/mol. The molecule has 1 aliphatic heterocycles. The second-order valence-corrected chi connectivity index (χ2v) is 5.68. The summed E-state index contributed by atoms with van der Waals surface area (Å²) in [5.41, 5.74) is 1.47. The fraction of sp³-hybridized carbons (Fsp3) is 0.211. The van der Waals surface area contributed by atoms with Gasteiger partial charge in [-0.1, -0.05) is 18.2 Å². The van der Waals surface area contributed by atoms with E-state index in [1.54, 1.807) is 24.3 Å². The Bertz CT molecular complexity index is 861. The number of carbonyl (C=O) groups excluding carboxylic acids is 3. The van der Waals surface area contributed by atoms with E-state index in [0.717, 1.165) is 5.56 Å². The van der Waals surface area contributed by atoms with Gasteiger partial charge in [-0.2, -0.15) is 0 Å². The lowest BCUT2D eigenvalue weighted by atomic mass is 10.1. The molecule has 26 heavy (non-hydrogen) atoms. The molecule has 1 aliphatic rings. The SMILES string of the molecule is CC(=O)c1cccc(C(=O)OCC(=O)NCc2ccc3c(c2)OCO3)c1. The number of hydrogen-bond acceptors (Lipinski definition) is 6. The molecule has 0 saturated heterocycles. The molecule has 134 valence electrons. The molecule has 7 nitrogen and oxygen atoms in total. The summed E-state index contributed by atoms with van der Waals surface area (Å²) in [4.78, 5) is 35.2. The highest BCUT2D eigenvalue weighted by Crippen LogP contribution is 2.32. The molecule has 0 aliphatic carbocycles. The summed E-state index contributed by atoms with van der Waals surface area (Å²) >= 11 is 0. The van der Waals surface area contributed by atoms with Gasteiger partial charge in [-0.25, -0.2) is 4.79 Å². The van der Waals surface area contributed by atoms with Crippen molar-refractivity contribution in [1.29, 1.82) is 0 Å². The van der Waals surface area contributed by atoms with Gasteiger partial charge in [-0.15, -0.1) is 0 Å². The normalized spacial score (nSPS) is 11.7. The Labute approximate surface area is 149 Å². The van der Waals surface area contributed by atoms with E-state index in [9.17, 15) is 14.4 Å². The molecule has 2 aromatic rings. The number of fused-ring (bicyclic) bond motifs is 1. The summed E-state index contributed by atoms with van der Waals surface area (Å²) < 4.78 is 15.5. The minimum absolute atomic E-state index is 0.152. The van der Waals surface area contributed by atoms with Crippen LogP contribution in [0.5, 0.6) is 11.5 Å². The van der Waals surface area contributed by atoms with Gasteiger partial charge in [0.25, 0.3) is 5.91 Å². The Balaban J connectivity index is 1.48. The predicted molar refractivity (Wildman–Crippen MR) is 91.1 cm³/mol. The van der Waals surface area contributed by atoms with Crippen molar-refractivity contribution in [2.75, 3.05) is 13.4 Å². The Hall–Kier alpha value is -3.35. The fourth-order valence-corrected chi connectivity index (χ4v) is 2.38. The molecule has 1 amide bonds. The van der Waals surface area contributed by atoms with Crippen molar-refractivity contribution in [2.45, 2.75) is 13.5 Å². The van der Waals surface area contributed by atoms with Crippen molar-refractivity contribution in [1.82, 2.24) is 5.32 Å². The minimum atomic E-state index is -0.661. The standard InChI is InChI=1S/C19H17NO6/c1-12(21)14-3-2-4-15(8-14)19(23)24-10-18(22)20-9-13-5-6-16-17(7-13)26-11-25-16/h2-8H,9-11H2,1H3,(H,20,22). The van der Waals surface area contributed by atoms with Crippen LogP contribution in [0.1, 0.15) is 33.2 Å². The van der Waals surface area contributed by atoms with Gasteiger partial charge in [0.05, 0.1) is 5.56 Å². The molecule has 0 spiro atoms. The molecule has 0 saturated carbocycles. The lowest BCUT2D eigenvalue weighted by Gasteiger charge is -2.08. The minimum Gasteiger partial charge on any atom is -0.454 e. The van der Waals surface area contributed by atoms with Crippen LogP contribution in [0, 0.1) is 0 Å². The van der Waals surface area contributed by atoms with Crippen LogP contribution >= 0.6 is 0 Å². The van der Waals surface area contributed by atoms with E-state index in [-0.39, 0.29) is 24.7 Å². The first kappa shape index (κ1) is 17.5. The van der Waals surface area contributed by atoms with Gasteiger partial charge in [-0.05, 0) is 36.8 Å². The van der Waals surface area contributed by atoms with E-state index in [1.165, 1.54) is 19.1 Å². The summed E-state index contributed by atoms with van der Waals surface area (Å²) in [5, 5.41) is 2.66. The van der Waals surface area contributed by atoms with Crippen LogP contribution in [0.4, 0.5) is 0 Å². The zero-order chi connectivity index (χ0) is 18.5. The van der Waals surface area contributed by atoms with Crippen LogP contribution in [0.2, 0.25) is 0 Å². The molecule has 0 atom stereocenters. The maximum absolute atomic E-state index is 12.0. The highest BCUT2D eigenvalue weighted by atomic mass is 16.7. The van der Waals surface area contributed by atoms with Crippen molar-refractivity contribution in [2.24, 2.45) is 0 Å². The van der Waals surface area contributed by atoms with E-state index in [1.807, 2.05) is 6.07 Å². The zero-order valence-corrected chi connectivity index (χ0v) is 14.1. The molecule has 0 radical (unpaired) electrons. The first-order valence-corrected chi connectivity index (χ1v) is 7.96. The van der Waals surface area contributed by atoms with Crippen LogP contribution in [-0.4, -0.2) is 31.1 Å². The third kappa shape index (κ3) is 4.18. The molecule has 0 fully saturated rings. The van der Waals surface area contributed by atoms with E-state index >= 15 is 0 Å². The molecule has 1 heterocycles. The smallest absolute Gasteiger partial charge is 0.338 e. The van der Waals surface area contributed by atoms with Crippen molar-refractivity contribution >= 4 is 17.7 Å². The Morgan fingerprint density at radius 2 is 1.81 bits per heavy atom. The zero-order valence-electron chi connectivity index (χ0n) is 14.1. The van der Waals surface area contributed by atoms with Crippen molar-refractivity contribution in [3.05, 3.63) is 59.2 Å². The van der Waals surface area contributed by atoms with Crippen LogP contribution in [0.25, 0.3) is 0 Å². The fourth-order valence-electron chi connectivity index (χ4n) is 2.38. The Kier molecular flexibility index (Phi) is 5.17. The molecule has 1 N–H and O–H groups in total. The number of Topliss-reactive ketones (excluding diaryl/α,β-unsaturated/α-hetero) is 1. The van der Waals surface area contributed by atoms with Gasteiger partial charge in [0.15, 0.2) is 23.9 Å². The molecule has 0 aromatic heterocycles. The number of esters is 1. The summed E-state index contributed by atoms with van der Waals surface area (Å²) in [6.07, 6.45) is 0. The van der Waals surface area contributed by atoms with Crippen LogP contribution in [-0.2, 0) is 16.1 Å². The molecule has 7 heteroatoms. The molecule has 0 unspecified atom stereocenters. The van der Waals surface area contributed by atoms with Gasteiger partial charge in [0.2, 0.25) is 6.79 Å². The van der Waals surface area contributed by atoms with Crippen LogP contribution in [0.15, 0.2) is 42.5 Å². The van der Waals surface area contributed by atoms with E-state index < -0.39 is 18.5 Å². The second kappa shape index (κ2) is 7.69. The van der Waals surface area contributed by atoms with Gasteiger partial charge in [-0.3, -0.25) is 9.59 Å².